The molecule has 0 N–H and O–H groups in total. The Morgan fingerprint density at radius 3 is 3.18 bits per heavy atom. The SMILES string of the molecule is O=C=Nc1cc(C2CC2)on1. The van der Waals surface area contributed by atoms with Gasteiger partial charge in [-0.25, -0.2) is 4.79 Å². The zero-order valence-electron chi connectivity index (χ0n) is 5.78. The van der Waals surface area contributed by atoms with Crippen LogP contribution in [-0.2, 0) is 4.79 Å². The minimum Gasteiger partial charge on any atom is -0.359 e. The quantitative estimate of drug-likeness (QED) is 0.474. The van der Waals surface area contributed by atoms with E-state index >= 15 is 0 Å². The first-order chi connectivity index (χ1) is 5.40. The molecule has 1 aliphatic rings. The van der Waals surface area contributed by atoms with Gasteiger partial charge in [0.25, 0.3) is 0 Å². The average molecular weight is 150 g/mol. The van der Waals surface area contributed by atoms with Crippen LogP contribution in [-0.4, -0.2) is 11.2 Å². The van der Waals surface area contributed by atoms with Crippen molar-refractivity contribution >= 4 is 11.9 Å². The summed E-state index contributed by atoms with van der Waals surface area (Å²) < 4.78 is 4.92. The van der Waals surface area contributed by atoms with Gasteiger partial charge in [0, 0.05) is 12.0 Å². The number of aromatic nitrogens is 1. The monoisotopic (exact) mass is 150 g/mol. The van der Waals surface area contributed by atoms with Crippen molar-refractivity contribution in [3.63, 3.8) is 0 Å². The van der Waals surface area contributed by atoms with Crippen LogP contribution in [0.25, 0.3) is 0 Å². The third-order valence-electron chi connectivity index (χ3n) is 1.66. The molecule has 0 saturated heterocycles. The molecule has 56 valence electrons. The molecule has 1 aromatic heterocycles. The highest BCUT2D eigenvalue weighted by Crippen LogP contribution is 2.40. The molecule has 0 spiro atoms. The summed E-state index contributed by atoms with van der Waals surface area (Å²) in [5.41, 5.74) is 0. The lowest BCUT2D eigenvalue weighted by atomic mass is 10.3. The molecule has 1 fully saturated rings. The molecule has 1 aromatic rings. The Morgan fingerprint density at radius 1 is 1.73 bits per heavy atom. The Hall–Kier alpha value is -1.41. The Bertz CT molecular complexity index is 308. The molecule has 1 aliphatic carbocycles. The smallest absolute Gasteiger partial charge is 0.242 e. The molecule has 0 aromatic carbocycles. The van der Waals surface area contributed by atoms with Crippen LogP contribution in [0.4, 0.5) is 5.82 Å². The molecule has 2 rings (SSSR count). The highest BCUT2D eigenvalue weighted by atomic mass is 16.5. The van der Waals surface area contributed by atoms with Crippen LogP contribution < -0.4 is 0 Å². The van der Waals surface area contributed by atoms with E-state index < -0.39 is 0 Å². The second kappa shape index (κ2) is 2.32. The summed E-state index contributed by atoms with van der Waals surface area (Å²) in [5, 5.41) is 3.56. The third-order valence-corrected chi connectivity index (χ3v) is 1.66. The zero-order chi connectivity index (χ0) is 7.68. The van der Waals surface area contributed by atoms with Gasteiger partial charge >= 0.3 is 0 Å². The van der Waals surface area contributed by atoms with E-state index in [9.17, 15) is 4.79 Å². The molecule has 0 aliphatic heterocycles. The number of rotatable bonds is 2. The number of nitrogens with zero attached hydrogens (tertiary/aromatic N) is 2. The van der Waals surface area contributed by atoms with E-state index in [1.54, 1.807) is 6.07 Å². The fourth-order valence-corrected chi connectivity index (χ4v) is 0.939. The standard InChI is InChI=1S/C7H6N2O2/c10-4-8-7-3-6(11-9-7)5-1-2-5/h3,5H,1-2H2. The van der Waals surface area contributed by atoms with Gasteiger partial charge < -0.3 is 4.52 Å². The van der Waals surface area contributed by atoms with Crippen molar-refractivity contribution in [1.29, 1.82) is 0 Å². The van der Waals surface area contributed by atoms with Crippen LogP contribution in [0.3, 0.4) is 0 Å². The first kappa shape index (κ1) is 6.31. The number of hydrogen-bond donors (Lipinski definition) is 0. The van der Waals surface area contributed by atoms with Gasteiger partial charge in [0.1, 0.15) is 5.76 Å². The Labute approximate surface area is 62.9 Å². The zero-order valence-corrected chi connectivity index (χ0v) is 5.78. The highest BCUT2D eigenvalue weighted by molar-refractivity contribution is 5.44. The topological polar surface area (TPSA) is 55.5 Å². The van der Waals surface area contributed by atoms with Crippen molar-refractivity contribution in [2.24, 2.45) is 4.99 Å². The Morgan fingerprint density at radius 2 is 2.55 bits per heavy atom. The lowest BCUT2D eigenvalue weighted by molar-refractivity contribution is 0.386. The van der Waals surface area contributed by atoms with E-state index in [1.807, 2.05) is 0 Å². The van der Waals surface area contributed by atoms with E-state index in [4.69, 9.17) is 4.52 Å². The average Bonchev–Trinajstić information content (AvgIpc) is 2.75. The van der Waals surface area contributed by atoms with E-state index in [0.29, 0.717) is 11.7 Å². The van der Waals surface area contributed by atoms with E-state index in [1.165, 1.54) is 6.08 Å². The van der Waals surface area contributed by atoms with Gasteiger partial charge in [0.05, 0.1) is 0 Å². The predicted molar refractivity (Wildman–Crippen MR) is 36.3 cm³/mol. The van der Waals surface area contributed by atoms with Crippen LogP contribution in [0.15, 0.2) is 15.6 Å². The maximum Gasteiger partial charge on any atom is 0.242 e. The number of isocyanates is 1. The predicted octanol–water partition coefficient (Wildman–Crippen LogP) is 1.52. The maximum atomic E-state index is 9.80. The molecular formula is C7H6N2O2. The van der Waals surface area contributed by atoms with Crippen LogP contribution >= 0.6 is 0 Å². The molecule has 0 atom stereocenters. The first-order valence-corrected chi connectivity index (χ1v) is 3.44. The van der Waals surface area contributed by atoms with Gasteiger partial charge in [0.15, 0.2) is 0 Å². The van der Waals surface area contributed by atoms with Gasteiger partial charge in [-0.15, -0.1) is 4.99 Å². The van der Waals surface area contributed by atoms with Crippen molar-refractivity contribution in [2.45, 2.75) is 18.8 Å². The van der Waals surface area contributed by atoms with E-state index in [-0.39, 0.29) is 0 Å². The highest BCUT2D eigenvalue weighted by Gasteiger charge is 2.27. The van der Waals surface area contributed by atoms with Crippen LogP contribution in [0, 0.1) is 0 Å². The molecule has 0 radical (unpaired) electrons. The fraction of sp³-hybridized carbons (Fsp3) is 0.429. The summed E-state index contributed by atoms with van der Waals surface area (Å²) in [6.07, 6.45) is 3.71. The summed E-state index contributed by atoms with van der Waals surface area (Å²) in [7, 11) is 0. The molecule has 0 unspecified atom stereocenters. The van der Waals surface area contributed by atoms with Gasteiger partial charge in [0.2, 0.25) is 11.9 Å². The lowest BCUT2D eigenvalue weighted by Gasteiger charge is -1.79. The molecule has 4 heteroatoms. The summed E-state index contributed by atoms with van der Waals surface area (Å²) in [5.74, 6) is 1.67. The van der Waals surface area contributed by atoms with Crippen molar-refractivity contribution in [2.75, 3.05) is 0 Å². The molecule has 11 heavy (non-hydrogen) atoms. The van der Waals surface area contributed by atoms with Crippen LogP contribution in [0.1, 0.15) is 24.5 Å². The van der Waals surface area contributed by atoms with E-state index in [0.717, 1.165) is 18.6 Å². The number of aliphatic imine (C=N–C) groups is 1. The van der Waals surface area contributed by atoms with Crippen LogP contribution in [0.5, 0.6) is 0 Å². The lowest BCUT2D eigenvalue weighted by Crippen LogP contribution is -1.67. The Balaban J connectivity index is 2.24. The largest absolute Gasteiger partial charge is 0.359 e. The third kappa shape index (κ3) is 1.21. The molecule has 0 amide bonds. The van der Waals surface area contributed by atoms with Crippen molar-refractivity contribution in [3.05, 3.63) is 11.8 Å². The minimum absolute atomic E-state index is 0.321. The Kier molecular flexibility index (Phi) is 1.33. The second-order valence-corrected chi connectivity index (χ2v) is 2.56. The fourth-order valence-electron chi connectivity index (χ4n) is 0.939. The molecule has 1 heterocycles. The molecule has 0 bridgehead atoms. The van der Waals surface area contributed by atoms with E-state index in [2.05, 4.69) is 10.1 Å². The summed E-state index contributed by atoms with van der Waals surface area (Å²) in [6, 6.07) is 1.68. The molecule has 1 saturated carbocycles. The van der Waals surface area contributed by atoms with Gasteiger partial charge in [-0.05, 0) is 12.8 Å². The minimum atomic E-state index is 0.321. The van der Waals surface area contributed by atoms with Gasteiger partial charge in [-0.1, -0.05) is 5.16 Å². The number of carbonyl (C=O) groups excluding carboxylic acids is 1. The van der Waals surface area contributed by atoms with Crippen molar-refractivity contribution < 1.29 is 9.32 Å². The summed E-state index contributed by atoms with van der Waals surface area (Å²) in [4.78, 5) is 13.1. The summed E-state index contributed by atoms with van der Waals surface area (Å²) >= 11 is 0. The van der Waals surface area contributed by atoms with Crippen molar-refractivity contribution in [1.82, 2.24) is 5.16 Å². The normalized spacial score (nSPS) is 16.0. The molecule has 4 nitrogen and oxygen atoms in total. The first-order valence-electron chi connectivity index (χ1n) is 3.44. The maximum absolute atomic E-state index is 9.80. The van der Waals surface area contributed by atoms with Gasteiger partial charge in [-0.2, -0.15) is 0 Å². The van der Waals surface area contributed by atoms with Gasteiger partial charge in [-0.3, -0.25) is 0 Å². The van der Waals surface area contributed by atoms with Crippen LogP contribution in [0.2, 0.25) is 0 Å². The van der Waals surface area contributed by atoms with Crippen molar-refractivity contribution in [3.8, 4) is 0 Å². The molecular weight excluding hydrogens is 144 g/mol. The number of hydrogen-bond acceptors (Lipinski definition) is 4. The second-order valence-electron chi connectivity index (χ2n) is 2.56. The summed E-state index contributed by atoms with van der Waals surface area (Å²) in [6.45, 7) is 0.